The largest absolute Gasteiger partial charge is 0.478 e. The lowest BCUT2D eigenvalue weighted by Crippen LogP contribution is -2.31. The van der Waals surface area contributed by atoms with Gasteiger partial charge in [-0.05, 0) is 50.4 Å². The van der Waals surface area contributed by atoms with Gasteiger partial charge in [-0.1, -0.05) is 26.3 Å². The molecule has 0 amide bonds. The van der Waals surface area contributed by atoms with Gasteiger partial charge < -0.3 is 5.11 Å². The van der Waals surface area contributed by atoms with Crippen molar-refractivity contribution < 1.29 is 9.90 Å². The van der Waals surface area contributed by atoms with Crippen LogP contribution in [-0.2, 0) is 4.79 Å². The summed E-state index contributed by atoms with van der Waals surface area (Å²) in [5, 5.41) is 9.07. The molecule has 92 valence electrons. The van der Waals surface area contributed by atoms with E-state index in [0.717, 1.165) is 18.4 Å². The summed E-state index contributed by atoms with van der Waals surface area (Å²) in [5.41, 5.74) is 1.68. The summed E-state index contributed by atoms with van der Waals surface area (Å²) in [4.78, 5) is 11.0. The summed E-state index contributed by atoms with van der Waals surface area (Å²) in [7, 11) is 0. The molecule has 0 spiro atoms. The molecule has 0 aromatic heterocycles. The van der Waals surface area contributed by atoms with E-state index in [9.17, 15) is 4.79 Å². The van der Waals surface area contributed by atoms with Gasteiger partial charge in [0.15, 0.2) is 0 Å². The highest BCUT2D eigenvalue weighted by Gasteiger charge is 2.36. The Bertz CT molecular complexity index is 305. The van der Waals surface area contributed by atoms with Gasteiger partial charge in [-0.25, -0.2) is 4.79 Å². The molecule has 0 saturated heterocycles. The van der Waals surface area contributed by atoms with E-state index in [1.165, 1.54) is 6.42 Å². The number of aliphatic carboxylic acids is 1. The van der Waals surface area contributed by atoms with Crippen molar-refractivity contribution in [3.05, 3.63) is 11.1 Å². The highest BCUT2D eigenvalue weighted by Crippen LogP contribution is 2.47. The van der Waals surface area contributed by atoms with E-state index in [1.54, 1.807) is 6.92 Å². The molecule has 0 radical (unpaired) electrons. The summed E-state index contributed by atoms with van der Waals surface area (Å²) in [6.07, 6.45) is 3.51. The van der Waals surface area contributed by atoms with Crippen molar-refractivity contribution in [1.29, 1.82) is 0 Å². The summed E-state index contributed by atoms with van der Waals surface area (Å²) in [5.74, 6) is 0.625. The second-order valence-electron chi connectivity index (χ2n) is 5.97. The molecule has 0 aromatic carbocycles. The number of allylic oxidation sites excluding steroid dienone is 1. The summed E-state index contributed by atoms with van der Waals surface area (Å²) >= 11 is 0. The van der Waals surface area contributed by atoms with Crippen molar-refractivity contribution in [2.75, 3.05) is 0 Å². The SMILES string of the molecule is CC(C(=O)O)=C(C)C1(C)CC(C)CC(C)C1. The fourth-order valence-electron chi connectivity index (χ4n) is 3.39. The smallest absolute Gasteiger partial charge is 0.331 e. The summed E-state index contributed by atoms with van der Waals surface area (Å²) < 4.78 is 0. The van der Waals surface area contributed by atoms with Crippen LogP contribution in [0.1, 0.15) is 53.9 Å². The normalized spacial score (nSPS) is 36.8. The van der Waals surface area contributed by atoms with Gasteiger partial charge in [0.25, 0.3) is 0 Å². The fraction of sp³-hybridized carbons (Fsp3) is 0.786. The number of carbonyl (C=O) groups is 1. The van der Waals surface area contributed by atoms with Crippen LogP contribution in [0.25, 0.3) is 0 Å². The molecule has 16 heavy (non-hydrogen) atoms. The zero-order valence-corrected chi connectivity index (χ0v) is 11.1. The lowest BCUT2D eigenvalue weighted by atomic mass is 9.63. The molecule has 2 nitrogen and oxygen atoms in total. The third-order valence-electron chi connectivity index (χ3n) is 4.19. The van der Waals surface area contributed by atoms with Gasteiger partial charge in [-0.2, -0.15) is 0 Å². The van der Waals surface area contributed by atoms with Crippen LogP contribution in [-0.4, -0.2) is 11.1 Å². The van der Waals surface area contributed by atoms with Crippen molar-refractivity contribution >= 4 is 5.97 Å². The van der Waals surface area contributed by atoms with E-state index >= 15 is 0 Å². The Labute approximate surface area is 98.7 Å². The zero-order valence-electron chi connectivity index (χ0n) is 11.1. The predicted molar refractivity (Wildman–Crippen MR) is 66.3 cm³/mol. The molecule has 2 unspecified atom stereocenters. The first-order valence-corrected chi connectivity index (χ1v) is 6.17. The molecule has 1 rings (SSSR count). The molecule has 1 aliphatic carbocycles. The van der Waals surface area contributed by atoms with Gasteiger partial charge in [-0.3, -0.25) is 0 Å². The Hall–Kier alpha value is -0.790. The second-order valence-corrected chi connectivity index (χ2v) is 5.97. The average molecular weight is 224 g/mol. The molecule has 2 heteroatoms. The minimum absolute atomic E-state index is 0.0829. The number of hydrogen-bond donors (Lipinski definition) is 1. The Morgan fingerprint density at radius 1 is 1.19 bits per heavy atom. The number of carboxylic acids is 1. The topological polar surface area (TPSA) is 37.3 Å². The minimum Gasteiger partial charge on any atom is -0.478 e. The third-order valence-corrected chi connectivity index (χ3v) is 4.19. The minimum atomic E-state index is -0.774. The second kappa shape index (κ2) is 4.60. The molecule has 2 atom stereocenters. The van der Waals surface area contributed by atoms with Crippen LogP contribution in [0.15, 0.2) is 11.1 Å². The fourth-order valence-corrected chi connectivity index (χ4v) is 3.39. The molecule has 1 saturated carbocycles. The van der Waals surface area contributed by atoms with Crippen molar-refractivity contribution in [3.63, 3.8) is 0 Å². The van der Waals surface area contributed by atoms with Crippen LogP contribution in [0, 0.1) is 17.3 Å². The maximum Gasteiger partial charge on any atom is 0.331 e. The Morgan fingerprint density at radius 3 is 2.00 bits per heavy atom. The molecule has 1 fully saturated rings. The molecule has 0 heterocycles. The molecule has 0 aromatic rings. The summed E-state index contributed by atoms with van der Waals surface area (Å²) in [6, 6.07) is 0. The highest BCUT2D eigenvalue weighted by atomic mass is 16.4. The van der Waals surface area contributed by atoms with Crippen LogP contribution in [0.4, 0.5) is 0 Å². The van der Waals surface area contributed by atoms with Crippen LogP contribution in [0.2, 0.25) is 0 Å². The van der Waals surface area contributed by atoms with Crippen LogP contribution in [0.3, 0.4) is 0 Å². The summed E-state index contributed by atoms with van der Waals surface area (Å²) in [6.45, 7) is 10.5. The van der Waals surface area contributed by atoms with Crippen molar-refractivity contribution in [3.8, 4) is 0 Å². The average Bonchev–Trinajstić information content (AvgIpc) is 2.13. The van der Waals surface area contributed by atoms with E-state index in [-0.39, 0.29) is 5.41 Å². The Morgan fingerprint density at radius 2 is 1.62 bits per heavy atom. The van der Waals surface area contributed by atoms with Gasteiger partial charge in [0.2, 0.25) is 0 Å². The number of carboxylic acid groups (broad SMARTS) is 1. The maximum atomic E-state index is 11.0. The Balaban J connectivity index is 3.00. The molecular weight excluding hydrogens is 200 g/mol. The maximum absolute atomic E-state index is 11.0. The van der Waals surface area contributed by atoms with E-state index in [2.05, 4.69) is 20.8 Å². The molecule has 1 N–H and O–H groups in total. The van der Waals surface area contributed by atoms with Gasteiger partial charge in [0.05, 0.1) is 0 Å². The lowest BCUT2D eigenvalue weighted by molar-refractivity contribution is -0.132. The predicted octanol–water partition coefficient (Wildman–Crippen LogP) is 3.87. The first kappa shape index (κ1) is 13.3. The molecule has 0 bridgehead atoms. The standard InChI is InChI=1S/C14H24O2/c1-9-6-10(2)8-14(5,7-9)12(4)11(3)13(15)16/h9-10H,6-8H2,1-5H3,(H,15,16). The number of hydrogen-bond acceptors (Lipinski definition) is 1. The lowest BCUT2D eigenvalue weighted by Gasteiger charge is -2.41. The Kier molecular flexibility index (Phi) is 3.82. The van der Waals surface area contributed by atoms with Gasteiger partial charge in [0, 0.05) is 5.57 Å². The van der Waals surface area contributed by atoms with Crippen molar-refractivity contribution in [1.82, 2.24) is 0 Å². The molecule has 0 aliphatic heterocycles. The molecule has 1 aliphatic rings. The first-order valence-electron chi connectivity index (χ1n) is 6.17. The zero-order chi connectivity index (χ0) is 12.5. The van der Waals surface area contributed by atoms with E-state index in [0.29, 0.717) is 17.4 Å². The highest BCUT2D eigenvalue weighted by molar-refractivity contribution is 5.86. The van der Waals surface area contributed by atoms with Crippen LogP contribution in [0.5, 0.6) is 0 Å². The first-order chi connectivity index (χ1) is 7.26. The van der Waals surface area contributed by atoms with Crippen molar-refractivity contribution in [2.45, 2.75) is 53.9 Å². The molecular formula is C14H24O2. The van der Waals surface area contributed by atoms with Gasteiger partial charge in [0.1, 0.15) is 0 Å². The van der Waals surface area contributed by atoms with Gasteiger partial charge >= 0.3 is 5.97 Å². The van der Waals surface area contributed by atoms with Crippen LogP contribution >= 0.6 is 0 Å². The monoisotopic (exact) mass is 224 g/mol. The van der Waals surface area contributed by atoms with E-state index in [4.69, 9.17) is 5.11 Å². The number of rotatable bonds is 2. The van der Waals surface area contributed by atoms with Gasteiger partial charge in [-0.15, -0.1) is 0 Å². The third kappa shape index (κ3) is 2.66. The van der Waals surface area contributed by atoms with Crippen LogP contribution < -0.4 is 0 Å². The van der Waals surface area contributed by atoms with E-state index < -0.39 is 5.97 Å². The quantitative estimate of drug-likeness (QED) is 0.723. The van der Waals surface area contributed by atoms with E-state index in [1.807, 2.05) is 6.92 Å². The van der Waals surface area contributed by atoms with Crippen molar-refractivity contribution in [2.24, 2.45) is 17.3 Å².